The maximum atomic E-state index is 13.6. The van der Waals surface area contributed by atoms with Gasteiger partial charge in [0.05, 0.1) is 14.2 Å². The first kappa shape index (κ1) is 44.3. The number of nitrogens with one attached hydrogen (secondary N) is 8. The first-order valence-corrected chi connectivity index (χ1v) is 19.9. The van der Waals surface area contributed by atoms with E-state index in [-0.39, 0.29) is 37.5 Å². The molecule has 3 aromatic carbocycles. The number of ether oxygens (including phenoxy) is 2. The molecule has 318 valence electrons. The fourth-order valence-corrected chi connectivity index (χ4v) is 6.99. The standard InChI is InChI=1S/C44H54N8O8/c1-25(2)18-35(39(53)49-37(41(55)59-5)20-27-23-45-33-16-9-7-14-31(27)33)51-43(57)47-29-12-11-13-30(22-29)48-44(58)52-36(19-26(3)4)40(54)50-38(42(56)60-6)21-28-24-46-34-17-10-8-15-32(28)34/h7-17,22-26,35-38,45-46H,18-21H2,1-6H3,(H,49,53)(H,50,54)(H2,47,51,57)(H2,48,52,58)/t35-,36-,37-,38-/m0/s1. The highest BCUT2D eigenvalue weighted by molar-refractivity contribution is 5.98. The molecule has 16 heteroatoms. The Morgan fingerprint density at radius 1 is 0.533 bits per heavy atom. The van der Waals surface area contributed by atoms with E-state index in [2.05, 4.69) is 41.9 Å². The lowest BCUT2D eigenvalue weighted by Crippen LogP contribution is -2.53. The molecule has 5 aromatic rings. The van der Waals surface area contributed by atoms with Crippen molar-refractivity contribution in [3.8, 4) is 0 Å². The number of aromatic nitrogens is 2. The first-order valence-electron chi connectivity index (χ1n) is 19.9. The zero-order chi connectivity index (χ0) is 43.3. The van der Waals surface area contributed by atoms with Gasteiger partial charge in [0.15, 0.2) is 0 Å². The number of esters is 2. The normalized spacial score (nSPS) is 13.2. The van der Waals surface area contributed by atoms with Crippen molar-refractivity contribution in [2.24, 2.45) is 11.8 Å². The second-order valence-corrected chi connectivity index (χ2v) is 15.4. The molecule has 4 atom stereocenters. The molecule has 0 aliphatic rings. The number of hydrogen-bond donors (Lipinski definition) is 8. The van der Waals surface area contributed by atoms with Gasteiger partial charge in [-0.3, -0.25) is 9.59 Å². The maximum absolute atomic E-state index is 13.6. The van der Waals surface area contributed by atoms with E-state index in [9.17, 15) is 28.8 Å². The van der Waals surface area contributed by atoms with Gasteiger partial charge in [-0.2, -0.15) is 0 Å². The van der Waals surface area contributed by atoms with Crippen LogP contribution in [0.25, 0.3) is 21.8 Å². The average Bonchev–Trinajstić information content (AvgIpc) is 3.82. The molecule has 0 aliphatic heterocycles. The zero-order valence-electron chi connectivity index (χ0n) is 34.6. The monoisotopic (exact) mass is 822 g/mol. The number of rotatable bonds is 18. The average molecular weight is 823 g/mol. The number of para-hydroxylation sites is 2. The van der Waals surface area contributed by atoms with Crippen molar-refractivity contribution in [1.29, 1.82) is 0 Å². The first-order chi connectivity index (χ1) is 28.7. The number of fused-ring (bicyclic) bond motifs is 2. The number of benzene rings is 3. The van der Waals surface area contributed by atoms with Crippen molar-refractivity contribution in [1.82, 2.24) is 31.2 Å². The number of aromatic amines is 2. The van der Waals surface area contributed by atoms with Crippen LogP contribution in [-0.2, 0) is 41.5 Å². The topological polar surface area (TPSA) is 225 Å². The van der Waals surface area contributed by atoms with Crippen LogP contribution in [0.5, 0.6) is 0 Å². The predicted octanol–water partition coefficient (Wildman–Crippen LogP) is 5.52. The van der Waals surface area contributed by atoms with E-state index < -0.39 is 60.0 Å². The Labute approximate surface area is 348 Å². The molecule has 0 aliphatic carbocycles. The second kappa shape index (κ2) is 20.7. The fraction of sp³-hybridized carbons (Fsp3) is 0.364. The smallest absolute Gasteiger partial charge is 0.328 e. The lowest BCUT2D eigenvalue weighted by Gasteiger charge is -2.24. The van der Waals surface area contributed by atoms with Crippen molar-refractivity contribution in [3.63, 3.8) is 0 Å². The number of H-pyrrole nitrogens is 2. The van der Waals surface area contributed by atoms with Crippen LogP contribution in [0.3, 0.4) is 0 Å². The maximum Gasteiger partial charge on any atom is 0.328 e. The lowest BCUT2D eigenvalue weighted by atomic mass is 10.0. The van der Waals surface area contributed by atoms with Crippen molar-refractivity contribution in [2.75, 3.05) is 24.9 Å². The molecule has 2 aromatic heterocycles. The molecule has 0 saturated heterocycles. The van der Waals surface area contributed by atoms with Crippen molar-refractivity contribution >= 4 is 69.0 Å². The number of urea groups is 2. The van der Waals surface area contributed by atoms with Gasteiger partial charge in [0, 0.05) is 58.4 Å². The minimum atomic E-state index is -1.01. The number of anilines is 2. The highest BCUT2D eigenvalue weighted by Crippen LogP contribution is 2.22. The van der Waals surface area contributed by atoms with Crippen LogP contribution in [0.4, 0.5) is 21.0 Å². The summed E-state index contributed by atoms with van der Waals surface area (Å²) in [6.07, 6.45) is 4.45. The molecule has 0 saturated carbocycles. The van der Waals surface area contributed by atoms with Crippen LogP contribution in [-0.4, -0.2) is 84.2 Å². The number of methoxy groups -OCH3 is 2. The predicted molar refractivity (Wildman–Crippen MR) is 229 cm³/mol. The van der Waals surface area contributed by atoms with Crippen molar-refractivity contribution in [3.05, 3.63) is 96.3 Å². The van der Waals surface area contributed by atoms with Crippen LogP contribution in [0.1, 0.15) is 51.7 Å². The Morgan fingerprint density at radius 2 is 0.933 bits per heavy atom. The number of carbonyl (C=O) groups excluding carboxylic acids is 6. The molecule has 6 amide bonds. The molecule has 60 heavy (non-hydrogen) atoms. The Bertz CT molecular complexity index is 2140. The summed E-state index contributed by atoms with van der Waals surface area (Å²) in [7, 11) is 2.50. The summed E-state index contributed by atoms with van der Waals surface area (Å²) in [5.41, 5.74) is 4.02. The number of amides is 6. The fourth-order valence-electron chi connectivity index (χ4n) is 6.99. The molecular formula is C44H54N8O8. The molecule has 16 nitrogen and oxygen atoms in total. The zero-order valence-corrected chi connectivity index (χ0v) is 34.6. The van der Waals surface area contributed by atoms with Crippen LogP contribution in [0, 0.1) is 11.8 Å². The Hall–Kier alpha value is -6.84. The van der Waals surface area contributed by atoms with Crippen LogP contribution >= 0.6 is 0 Å². The third-order valence-corrected chi connectivity index (χ3v) is 9.84. The van der Waals surface area contributed by atoms with Crippen LogP contribution < -0.4 is 31.9 Å². The summed E-state index contributed by atoms with van der Waals surface area (Å²) in [5, 5.41) is 18.2. The van der Waals surface area contributed by atoms with E-state index >= 15 is 0 Å². The van der Waals surface area contributed by atoms with E-state index in [1.54, 1.807) is 30.6 Å². The quantitative estimate of drug-likeness (QED) is 0.0524. The van der Waals surface area contributed by atoms with E-state index in [1.165, 1.54) is 20.3 Å². The molecule has 8 N–H and O–H groups in total. The number of hydrogen-bond acceptors (Lipinski definition) is 8. The summed E-state index contributed by atoms with van der Waals surface area (Å²) < 4.78 is 10.0. The molecule has 0 spiro atoms. The van der Waals surface area contributed by atoms with Gasteiger partial charge in [-0.05, 0) is 66.1 Å². The van der Waals surface area contributed by atoms with E-state index in [1.807, 2.05) is 76.2 Å². The van der Waals surface area contributed by atoms with E-state index in [0.717, 1.165) is 32.9 Å². The Balaban J connectivity index is 1.20. The number of carbonyl (C=O) groups is 6. The molecule has 0 bridgehead atoms. The summed E-state index contributed by atoms with van der Waals surface area (Å²) in [4.78, 5) is 85.8. The summed E-state index contributed by atoms with van der Waals surface area (Å²) in [6, 6.07) is 16.1. The van der Waals surface area contributed by atoms with Gasteiger partial charge in [0.1, 0.15) is 24.2 Å². The minimum absolute atomic E-state index is 0.00438. The van der Waals surface area contributed by atoms with Gasteiger partial charge in [-0.25, -0.2) is 19.2 Å². The summed E-state index contributed by atoms with van der Waals surface area (Å²) >= 11 is 0. The highest BCUT2D eigenvalue weighted by atomic mass is 16.5. The Morgan fingerprint density at radius 3 is 1.32 bits per heavy atom. The van der Waals surface area contributed by atoms with Gasteiger partial charge in [0.2, 0.25) is 11.8 Å². The third kappa shape index (κ3) is 12.1. The molecule has 0 unspecified atom stereocenters. The van der Waals surface area contributed by atoms with Crippen molar-refractivity contribution in [2.45, 2.75) is 77.5 Å². The van der Waals surface area contributed by atoms with E-state index in [4.69, 9.17) is 9.47 Å². The SMILES string of the molecule is COC(=O)[C@H](Cc1c[nH]c2ccccc12)NC(=O)[C@H](CC(C)C)NC(=O)Nc1cccc(NC(=O)N[C@@H](CC(C)C)C(=O)N[C@@H](Cc2c[nH]c3ccccc23)C(=O)OC)c1. The van der Waals surface area contributed by atoms with E-state index in [0.29, 0.717) is 11.4 Å². The highest BCUT2D eigenvalue weighted by Gasteiger charge is 2.30. The second-order valence-electron chi connectivity index (χ2n) is 15.4. The lowest BCUT2D eigenvalue weighted by molar-refractivity contribution is -0.145. The molecule has 0 radical (unpaired) electrons. The molecule has 5 rings (SSSR count). The largest absolute Gasteiger partial charge is 0.467 e. The summed E-state index contributed by atoms with van der Waals surface area (Å²) in [6.45, 7) is 7.62. The van der Waals surface area contributed by atoms with Gasteiger partial charge in [-0.15, -0.1) is 0 Å². The van der Waals surface area contributed by atoms with Crippen molar-refractivity contribution < 1.29 is 38.2 Å². The van der Waals surface area contributed by atoms with Crippen LogP contribution in [0.15, 0.2) is 85.2 Å². The molecule has 2 heterocycles. The minimum Gasteiger partial charge on any atom is -0.467 e. The van der Waals surface area contributed by atoms with Gasteiger partial charge in [0.25, 0.3) is 0 Å². The van der Waals surface area contributed by atoms with Gasteiger partial charge < -0.3 is 51.3 Å². The van der Waals surface area contributed by atoms with Gasteiger partial charge >= 0.3 is 24.0 Å². The van der Waals surface area contributed by atoms with Crippen LogP contribution in [0.2, 0.25) is 0 Å². The Kier molecular flexibility index (Phi) is 15.3. The molecular weight excluding hydrogens is 769 g/mol. The van der Waals surface area contributed by atoms with Gasteiger partial charge in [-0.1, -0.05) is 70.2 Å². The molecule has 0 fully saturated rings. The third-order valence-electron chi connectivity index (χ3n) is 9.84. The summed E-state index contributed by atoms with van der Waals surface area (Å²) in [5.74, 6) is -2.36.